The maximum atomic E-state index is 13.5. The van der Waals surface area contributed by atoms with Crippen molar-refractivity contribution in [2.75, 3.05) is 5.32 Å². The lowest BCUT2D eigenvalue weighted by Crippen LogP contribution is -2.08. The van der Waals surface area contributed by atoms with Gasteiger partial charge in [0, 0.05) is 6.08 Å². The number of carbonyl (C=O) groups is 1. The number of carbonyl (C=O) groups excluding carboxylic acids is 1. The Hall–Kier alpha value is -3.54. The summed E-state index contributed by atoms with van der Waals surface area (Å²) in [5.74, 6) is -0.783. The minimum Gasteiger partial charge on any atom is -0.421 e. The molecule has 1 N–H and O–H groups in total. The van der Waals surface area contributed by atoms with Gasteiger partial charge >= 0.3 is 6.01 Å². The molecule has 0 bridgehead atoms. The molecule has 0 saturated heterocycles. The van der Waals surface area contributed by atoms with Gasteiger partial charge in [-0.05, 0) is 23.8 Å². The third-order valence-electron chi connectivity index (χ3n) is 3.16. The number of ether oxygens (including phenoxy) is 1. The fourth-order valence-corrected chi connectivity index (χ4v) is 1.98. The smallest absolute Gasteiger partial charge is 0.322 e. The minimum atomic E-state index is -0.505. The topological polar surface area (TPSA) is 64.1 Å². The molecule has 0 aliphatic heterocycles. The Morgan fingerprint density at radius 3 is 2.40 bits per heavy atom. The van der Waals surface area contributed by atoms with E-state index in [0.717, 1.165) is 5.56 Å². The second-order valence-electron chi connectivity index (χ2n) is 5.02. The van der Waals surface area contributed by atoms with E-state index < -0.39 is 5.82 Å². The van der Waals surface area contributed by atoms with Crippen molar-refractivity contribution in [3.05, 3.63) is 84.4 Å². The number of para-hydroxylation sites is 1. The molecule has 0 fully saturated rings. The van der Waals surface area contributed by atoms with Crippen LogP contribution in [0.5, 0.6) is 11.8 Å². The Kier molecular flexibility index (Phi) is 5.11. The Morgan fingerprint density at radius 1 is 1.00 bits per heavy atom. The van der Waals surface area contributed by atoms with Crippen molar-refractivity contribution in [2.24, 2.45) is 0 Å². The molecule has 1 heterocycles. The Labute approximate surface area is 143 Å². The maximum Gasteiger partial charge on any atom is 0.322 e. The van der Waals surface area contributed by atoms with E-state index in [2.05, 4.69) is 15.3 Å². The molecule has 1 aromatic heterocycles. The maximum absolute atomic E-state index is 13.5. The van der Waals surface area contributed by atoms with E-state index in [4.69, 9.17) is 4.74 Å². The number of nitrogens with zero attached hydrogens (tertiary/aromatic N) is 2. The van der Waals surface area contributed by atoms with Gasteiger partial charge in [0.15, 0.2) is 11.6 Å². The van der Waals surface area contributed by atoms with Crippen LogP contribution in [0.25, 0.3) is 6.08 Å². The van der Waals surface area contributed by atoms with E-state index in [1.807, 2.05) is 30.3 Å². The molecule has 25 heavy (non-hydrogen) atoms. The predicted octanol–water partition coefficient (Wildman–Crippen LogP) is 4.06. The molecule has 3 rings (SSSR count). The van der Waals surface area contributed by atoms with Gasteiger partial charge in [0.05, 0.1) is 18.1 Å². The van der Waals surface area contributed by atoms with Gasteiger partial charge in [-0.2, -0.15) is 0 Å². The summed E-state index contributed by atoms with van der Waals surface area (Å²) in [5.41, 5.74) is 1.33. The van der Waals surface area contributed by atoms with Crippen LogP contribution >= 0.6 is 0 Å². The monoisotopic (exact) mass is 335 g/mol. The zero-order chi connectivity index (χ0) is 17.5. The van der Waals surface area contributed by atoms with Crippen molar-refractivity contribution in [3.8, 4) is 11.8 Å². The Morgan fingerprint density at radius 2 is 1.68 bits per heavy atom. The molecular formula is C19H14FN3O2. The highest BCUT2D eigenvalue weighted by Crippen LogP contribution is 2.21. The molecule has 0 unspecified atom stereocenters. The van der Waals surface area contributed by atoms with Gasteiger partial charge in [-0.1, -0.05) is 42.5 Å². The van der Waals surface area contributed by atoms with Gasteiger partial charge in [0.25, 0.3) is 0 Å². The molecule has 0 spiro atoms. The van der Waals surface area contributed by atoms with E-state index in [9.17, 15) is 9.18 Å². The summed E-state index contributed by atoms with van der Waals surface area (Å²) in [6, 6.07) is 15.4. The molecular weight excluding hydrogens is 321 g/mol. The zero-order valence-corrected chi connectivity index (χ0v) is 13.1. The first-order chi connectivity index (χ1) is 12.2. The quantitative estimate of drug-likeness (QED) is 0.714. The summed E-state index contributed by atoms with van der Waals surface area (Å²) < 4.78 is 18.8. The summed E-state index contributed by atoms with van der Waals surface area (Å²) in [7, 11) is 0. The number of amides is 1. The first-order valence-electron chi connectivity index (χ1n) is 7.49. The van der Waals surface area contributed by atoms with Gasteiger partial charge in [0.1, 0.15) is 0 Å². The fourth-order valence-electron chi connectivity index (χ4n) is 1.98. The van der Waals surface area contributed by atoms with E-state index in [1.165, 1.54) is 30.6 Å². The lowest BCUT2D eigenvalue weighted by molar-refractivity contribution is -0.111. The highest BCUT2D eigenvalue weighted by Gasteiger charge is 2.06. The van der Waals surface area contributed by atoms with Crippen LogP contribution in [0.1, 0.15) is 5.56 Å². The average Bonchev–Trinajstić information content (AvgIpc) is 2.64. The van der Waals surface area contributed by atoms with Crippen LogP contribution in [-0.2, 0) is 4.79 Å². The molecule has 0 atom stereocenters. The largest absolute Gasteiger partial charge is 0.421 e. The van der Waals surface area contributed by atoms with E-state index in [0.29, 0.717) is 5.69 Å². The summed E-state index contributed by atoms with van der Waals surface area (Å²) in [6.45, 7) is 0. The van der Waals surface area contributed by atoms with E-state index >= 15 is 0 Å². The zero-order valence-electron chi connectivity index (χ0n) is 13.1. The van der Waals surface area contributed by atoms with Crippen LogP contribution in [0.15, 0.2) is 73.1 Å². The summed E-state index contributed by atoms with van der Waals surface area (Å²) in [5, 5.41) is 2.63. The van der Waals surface area contributed by atoms with Gasteiger partial charge in [-0.3, -0.25) is 4.79 Å². The molecule has 0 aliphatic rings. The van der Waals surface area contributed by atoms with Gasteiger partial charge in [-0.25, -0.2) is 14.4 Å². The fraction of sp³-hybridized carbons (Fsp3) is 0. The van der Waals surface area contributed by atoms with Crippen molar-refractivity contribution in [1.82, 2.24) is 9.97 Å². The molecule has 0 saturated carbocycles. The van der Waals surface area contributed by atoms with Crippen molar-refractivity contribution in [3.63, 3.8) is 0 Å². The number of hydrogen-bond acceptors (Lipinski definition) is 4. The van der Waals surface area contributed by atoms with Crippen LogP contribution in [0, 0.1) is 5.82 Å². The molecule has 5 nitrogen and oxygen atoms in total. The third kappa shape index (κ3) is 4.71. The van der Waals surface area contributed by atoms with E-state index in [-0.39, 0.29) is 17.7 Å². The summed E-state index contributed by atoms with van der Waals surface area (Å²) >= 11 is 0. The minimum absolute atomic E-state index is 0.0112. The number of anilines is 1. The van der Waals surface area contributed by atoms with Crippen molar-refractivity contribution in [1.29, 1.82) is 0 Å². The molecule has 1 amide bonds. The number of rotatable bonds is 5. The number of hydrogen-bond donors (Lipinski definition) is 1. The lowest BCUT2D eigenvalue weighted by Gasteiger charge is -2.05. The second-order valence-corrected chi connectivity index (χ2v) is 5.02. The predicted molar refractivity (Wildman–Crippen MR) is 92.6 cm³/mol. The molecule has 124 valence electrons. The van der Waals surface area contributed by atoms with Crippen LogP contribution in [0.3, 0.4) is 0 Å². The van der Waals surface area contributed by atoms with Gasteiger partial charge < -0.3 is 10.1 Å². The van der Waals surface area contributed by atoms with Gasteiger partial charge in [-0.15, -0.1) is 0 Å². The summed E-state index contributed by atoms with van der Waals surface area (Å²) in [4.78, 5) is 19.8. The van der Waals surface area contributed by atoms with Crippen LogP contribution < -0.4 is 10.1 Å². The molecule has 0 aliphatic carbocycles. The molecule has 0 radical (unpaired) electrons. The second kappa shape index (κ2) is 7.83. The Bertz CT molecular complexity index is 881. The number of halogens is 1. The number of aromatic nitrogens is 2. The van der Waals surface area contributed by atoms with Gasteiger partial charge in [0.2, 0.25) is 5.91 Å². The molecule has 2 aromatic carbocycles. The number of nitrogens with one attached hydrogen (secondary N) is 1. The first kappa shape index (κ1) is 16.3. The first-order valence-corrected chi connectivity index (χ1v) is 7.49. The normalized spacial score (nSPS) is 10.6. The third-order valence-corrected chi connectivity index (χ3v) is 3.16. The average molecular weight is 335 g/mol. The van der Waals surface area contributed by atoms with Crippen molar-refractivity contribution >= 4 is 17.7 Å². The summed E-state index contributed by atoms with van der Waals surface area (Å²) in [6.07, 6.45) is 5.89. The number of benzene rings is 2. The van der Waals surface area contributed by atoms with Crippen LogP contribution in [0.2, 0.25) is 0 Å². The van der Waals surface area contributed by atoms with E-state index in [1.54, 1.807) is 18.2 Å². The molecule has 6 heteroatoms. The van der Waals surface area contributed by atoms with Crippen molar-refractivity contribution in [2.45, 2.75) is 0 Å². The highest BCUT2D eigenvalue weighted by molar-refractivity contribution is 6.01. The SMILES string of the molecule is O=C(/C=C/c1ccccc1)Nc1cnc(Oc2ccccc2F)nc1. The highest BCUT2D eigenvalue weighted by atomic mass is 19.1. The van der Waals surface area contributed by atoms with Crippen LogP contribution in [0.4, 0.5) is 10.1 Å². The molecule has 3 aromatic rings. The lowest BCUT2D eigenvalue weighted by atomic mass is 10.2. The Balaban J connectivity index is 1.60. The standard InChI is InChI=1S/C19H14FN3O2/c20-16-8-4-5-9-17(16)25-19-21-12-15(13-22-19)23-18(24)11-10-14-6-2-1-3-7-14/h1-13H,(H,23,24)/b11-10+. The van der Waals surface area contributed by atoms with Crippen molar-refractivity contribution < 1.29 is 13.9 Å². The van der Waals surface area contributed by atoms with Crippen LogP contribution in [-0.4, -0.2) is 15.9 Å².